The lowest BCUT2D eigenvalue weighted by atomic mass is 9.34. The summed E-state index contributed by atoms with van der Waals surface area (Å²) in [6.07, 6.45) is 3.73. The van der Waals surface area contributed by atoms with Gasteiger partial charge < -0.3 is 15.4 Å². The van der Waals surface area contributed by atoms with Crippen LogP contribution in [-0.2, 0) is 14.3 Å². The monoisotopic (exact) mass is 316 g/mol. The largest absolute Gasteiger partial charge is 0.469 e. The van der Waals surface area contributed by atoms with E-state index >= 15 is 0 Å². The molecule has 3 aliphatic carbocycles. The molecule has 2 bridgehead atoms. The smallest absolute Gasteiger partial charge is 0.311 e. The Kier molecular flexibility index (Phi) is 2.92. The summed E-state index contributed by atoms with van der Waals surface area (Å²) in [6.45, 7) is 0.739. The van der Waals surface area contributed by atoms with Gasteiger partial charge in [-0.1, -0.05) is 0 Å². The van der Waals surface area contributed by atoms with Crippen molar-refractivity contribution in [3.8, 4) is 0 Å². The van der Waals surface area contributed by atoms with Crippen molar-refractivity contribution in [1.82, 2.24) is 15.1 Å². The van der Waals surface area contributed by atoms with Crippen LogP contribution in [0.5, 0.6) is 0 Å². The van der Waals surface area contributed by atoms with E-state index in [2.05, 4.69) is 10.2 Å². The van der Waals surface area contributed by atoms with Gasteiger partial charge in [0.1, 0.15) is 5.82 Å². The van der Waals surface area contributed by atoms with Crippen molar-refractivity contribution in [2.24, 2.45) is 10.8 Å². The minimum atomic E-state index is -0.388. The van der Waals surface area contributed by atoms with Crippen LogP contribution in [0.4, 0.5) is 5.82 Å². The number of nitrogens with two attached hydrogens (primary N) is 1. The van der Waals surface area contributed by atoms with Gasteiger partial charge in [-0.25, -0.2) is 0 Å². The van der Waals surface area contributed by atoms with Crippen LogP contribution in [0, 0.1) is 10.8 Å². The molecule has 1 amide bonds. The number of aromatic nitrogens is 2. The molecule has 1 unspecified atom stereocenters. The zero-order valence-corrected chi connectivity index (χ0v) is 13.1. The molecule has 1 aromatic rings. The summed E-state index contributed by atoms with van der Waals surface area (Å²) < 4.78 is 4.85. The van der Waals surface area contributed by atoms with Crippen LogP contribution in [0.2, 0.25) is 0 Å². The van der Waals surface area contributed by atoms with E-state index in [1.54, 1.807) is 6.07 Å². The van der Waals surface area contributed by atoms with Crippen molar-refractivity contribution >= 4 is 17.7 Å². The van der Waals surface area contributed by atoms with Crippen LogP contribution >= 0.6 is 0 Å². The number of amides is 1. The average Bonchev–Trinajstić information content (AvgIpc) is 2.94. The molecular weight excluding hydrogens is 296 g/mol. The first-order chi connectivity index (χ1) is 11.0. The number of nitrogen functional groups attached to an aromatic ring is 1. The predicted molar refractivity (Wildman–Crippen MR) is 80.9 cm³/mol. The van der Waals surface area contributed by atoms with E-state index in [4.69, 9.17) is 10.5 Å². The van der Waals surface area contributed by atoms with Gasteiger partial charge in [-0.3, -0.25) is 9.59 Å². The van der Waals surface area contributed by atoms with Crippen LogP contribution < -0.4 is 5.73 Å². The Morgan fingerprint density at radius 3 is 2.61 bits per heavy atom. The molecule has 1 saturated heterocycles. The number of likely N-dealkylation sites (tertiary alicyclic amines) is 1. The summed E-state index contributed by atoms with van der Waals surface area (Å²) in [5, 5.41) is 8.04. The van der Waals surface area contributed by atoms with Crippen LogP contribution in [0.3, 0.4) is 0 Å². The Morgan fingerprint density at radius 1 is 1.26 bits per heavy atom. The van der Waals surface area contributed by atoms with E-state index in [0.29, 0.717) is 25.1 Å². The second-order valence-electron chi connectivity index (χ2n) is 7.12. The molecule has 7 heteroatoms. The van der Waals surface area contributed by atoms with Gasteiger partial charge in [-0.15, -0.1) is 5.10 Å². The first-order valence-electron chi connectivity index (χ1n) is 7.98. The van der Waals surface area contributed by atoms with Gasteiger partial charge in [0.2, 0.25) is 5.91 Å². The Hall–Kier alpha value is -2.18. The molecule has 0 aromatic carbocycles. The van der Waals surface area contributed by atoms with Crippen molar-refractivity contribution in [1.29, 1.82) is 0 Å². The maximum atomic E-state index is 13.0. The zero-order chi connectivity index (χ0) is 16.2. The van der Waals surface area contributed by atoms with E-state index in [9.17, 15) is 9.59 Å². The zero-order valence-electron chi connectivity index (χ0n) is 13.1. The minimum Gasteiger partial charge on any atom is -0.469 e. The molecule has 7 nitrogen and oxygen atoms in total. The molecule has 5 rings (SSSR count). The van der Waals surface area contributed by atoms with Crippen molar-refractivity contribution in [2.75, 3.05) is 19.4 Å². The third-order valence-corrected chi connectivity index (χ3v) is 5.66. The molecule has 122 valence electrons. The van der Waals surface area contributed by atoms with Crippen LogP contribution in [0.15, 0.2) is 12.1 Å². The van der Waals surface area contributed by atoms with Crippen molar-refractivity contribution in [2.45, 2.75) is 38.1 Å². The molecule has 23 heavy (non-hydrogen) atoms. The normalized spacial score (nSPS) is 34.5. The first-order valence-corrected chi connectivity index (χ1v) is 7.98. The van der Waals surface area contributed by atoms with E-state index in [0.717, 1.165) is 25.1 Å². The second-order valence-corrected chi connectivity index (χ2v) is 7.12. The number of ether oxygens (including phenoxy) is 1. The van der Waals surface area contributed by atoms with Crippen molar-refractivity contribution in [3.63, 3.8) is 0 Å². The number of anilines is 1. The van der Waals surface area contributed by atoms with Crippen LogP contribution in [0.25, 0.3) is 0 Å². The number of hydrogen-bond acceptors (Lipinski definition) is 6. The van der Waals surface area contributed by atoms with E-state index in [-0.39, 0.29) is 28.7 Å². The van der Waals surface area contributed by atoms with Gasteiger partial charge in [0.15, 0.2) is 0 Å². The minimum absolute atomic E-state index is 0.0290. The van der Waals surface area contributed by atoms with Crippen molar-refractivity contribution in [3.05, 3.63) is 17.8 Å². The number of esters is 1. The topological polar surface area (TPSA) is 98.4 Å². The number of hydrogen-bond donors (Lipinski definition) is 1. The lowest BCUT2D eigenvalue weighted by Gasteiger charge is -2.67. The standard InChI is InChI=1S/C16H20N4O3/c1-23-14(22)16-7-15(8-16,9-16)13(21)20-6-2-3-11(20)10-4-5-12(17)19-18-10/h4-5,11H,2-3,6-9H2,1H3,(H2,17,19). The Balaban J connectivity index is 1.49. The molecule has 2 heterocycles. The van der Waals surface area contributed by atoms with Gasteiger partial charge in [0.25, 0.3) is 0 Å². The number of carbonyl (C=O) groups excluding carboxylic acids is 2. The van der Waals surface area contributed by atoms with E-state index in [1.807, 2.05) is 11.0 Å². The van der Waals surface area contributed by atoms with E-state index in [1.165, 1.54) is 7.11 Å². The maximum Gasteiger partial charge on any atom is 0.311 e. The molecule has 0 radical (unpaired) electrons. The highest BCUT2D eigenvalue weighted by Crippen LogP contribution is 2.74. The molecule has 0 spiro atoms. The number of methoxy groups -OCH3 is 1. The van der Waals surface area contributed by atoms with Gasteiger partial charge in [0, 0.05) is 6.54 Å². The quantitative estimate of drug-likeness (QED) is 0.837. The van der Waals surface area contributed by atoms with Crippen LogP contribution in [0.1, 0.15) is 43.8 Å². The fraction of sp³-hybridized carbons (Fsp3) is 0.625. The molecule has 1 aliphatic heterocycles. The molecule has 4 aliphatic rings. The summed E-state index contributed by atoms with van der Waals surface area (Å²) in [5.41, 5.74) is 5.64. The Bertz CT molecular complexity index is 653. The SMILES string of the molecule is COC(=O)C12CC(C(=O)N3CCCC3c3ccc(N)nn3)(C1)C2. The highest BCUT2D eigenvalue weighted by molar-refractivity contribution is 5.94. The third kappa shape index (κ3) is 1.88. The highest BCUT2D eigenvalue weighted by atomic mass is 16.5. The third-order valence-electron chi connectivity index (χ3n) is 5.66. The van der Waals surface area contributed by atoms with Crippen LogP contribution in [-0.4, -0.2) is 40.6 Å². The highest BCUT2D eigenvalue weighted by Gasteiger charge is 2.76. The van der Waals surface area contributed by atoms with Gasteiger partial charge >= 0.3 is 5.97 Å². The fourth-order valence-corrected chi connectivity index (χ4v) is 4.60. The number of rotatable bonds is 3. The summed E-state index contributed by atoms with van der Waals surface area (Å²) in [7, 11) is 1.41. The maximum absolute atomic E-state index is 13.0. The van der Waals surface area contributed by atoms with E-state index < -0.39 is 0 Å². The number of carbonyl (C=O) groups is 2. The Morgan fingerprint density at radius 2 is 2.00 bits per heavy atom. The van der Waals surface area contributed by atoms with Crippen molar-refractivity contribution < 1.29 is 14.3 Å². The summed E-state index contributed by atoms with van der Waals surface area (Å²) in [6, 6.07) is 3.53. The fourth-order valence-electron chi connectivity index (χ4n) is 4.60. The first kappa shape index (κ1) is 14.4. The summed E-state index contributed by atoms with van der Waals surface area (Å²) in [5.74, 6) is 0.364. The average molecular weight is 316 g/mol. The lowest BCUT2D eigenvalue weighted by molar-refractivity contribution is -0.228. The molecule has 1 atom stereocenters. The van der Waals surface area contributed by atoms with Gasteiger partial charge in [-0.2, -0.15) is 5.10 Å². The molecule has 1 aromatic heterocycles. The molecule has 2 N–H and O–H groups in total. The summed E-state index contributed by atoms with van der Waals surface area (Å²) >= 11 is 0. The molecular formula is C16H20N4O3. The van der Waals surface area contributed by atoms with Gasteiger partial charge in [-0.05, 0) is 44.2 Å². The summed E-state index contributed by atoms with van der Waals surface area (Å²) in [4.78, 5) is 26.7. The second kappa shape index (κ2) is 4.66. The van der Waals surface area contributed by atoms with Gasteiger partial charge in [0.05, 0.1) is 29.7 Å². The molecule has 3 saturated carbocycles. The lowest BCUT2D eigenvalue weighted by Crippen LogP contribution is -2.71. The number of nitrogens with zero attached hydrogens (tertiary/aromatic N) is 3. The molecule has 4 fully saturated rings. The Labute approximate surface area is 134 Å². The predicted octanol–water partition coefficient (Wildman–Crippen LogP) is 1.07.